The molecule has 1 heterocycles. The second-order valence-electron chi connectivity index (χ2n) is 6.81. The van der Waals surface area contributed by atoms with E-state index in [2.05, 4.69) is 23.7 Å². The Bertz CT molecular complexity index is 643. The highest BCUT2D eigenvalue weighted by atomic mass is 32.1. The Morgan fingerprint density at radius 1 is 1.22 bits per heavy atom. The van der Waals surface area contributed by atoms with Crippen LogP contribution in [0.1, 0.15) is 37.3 Å². The number of thiophene rings is 1. The Kier molecular flexibility index (Phi) is 5.60. The van der Waals surface area contributed by atoms with Gasteiger partial charge in [0, 0.05) is 22.5 Å². The largest absolute Gasteiger partial charge is 0.311 e. The minimum atomic E-state index is -0.418. The maximum absolute atomic E-state index is 13.0. The number of hydrogen-bond donors (Lipinski definition) is 1. The second kappa shape index (κ2) is 7.28. The van der Waals surface area contributed by atoms with Gasteiger partial charge in [0.05, 0.1) is 6.04 Å². The van der Waals surface area contributed by atoms with E-state index in [0.29, 0.717) is 6.54 Å². The van der Waals surface area contributed by atoms with Crippen LogP contribution in [0.15, 0.2) is 41.8 Å². The molecule has 0 saturated heterocycles. The predicted octanol–water partition coefficient (Wildman–Crippen LogP) is 4.40. The quantitative estimate of drug-likeness (QED) is 0.881. The van der Waals surface area contributed by atoms with Gasteiger partial charge >= 0.3 is 0 Å². The van der Waals surface area contributed by atoms with E-state index in [9.17, 15) is 4.79 Å². The molecule has 0 spiro atoms. The third-order valence-electron chi connectivity index (χ3n) is 3.89. The zero-order valence-corrected chi connectivity index (χ0v) is 15.4. The van der Waals surface area contributed by atoms with Crippen molar-refractivity contribution in [3.05, 3.63) is 52.2 Å². The minimum absolute atomic E-state index is 0.126. The van der Waals surface area contributed by atoms with Crippen molar-refractivity contribution in [3.8, 4) is 0 Å². The standard InChI is InChI=1S/C19H26N2OS/c1-14-11-12-23-17(14)16(20-5)13-21(18(22)19(2,3)4)15-9-7-6-8-10-15/h6-12,16,20H,13H2,1-5H3. The molecular weight excluding hydrogens is 304 g/mol. The van der Waals surface area contributed by atoms with Crippen LogP contribution in [-0.4, -0.2) is 19.5 Å². The number of anilines is 1. The molecule has 0 bridgehead atoms. The third kappa shape index (κ3) is 4.21. The van der Waals surface area contributed by atoms with Crippen LogP contribution in [0, 0.1) is 12.3 Å². The van der Waals surface area contributed by atoms with Crippen LogP contribution in [0.5, 0.6) is 0 Å². The van der Waals surface area contributed by atoms with Crippen LogP contribution < -0.4 is 10.2 Å². The Labute approximate surface area is 143 Å². The van der Waals surface area contributed by atoms with Crippen LogP contribution in [0.4, 0.5) is 5.69 Å². The summed E-state index contributed by atoms with van der Waals surface area (Å²) in [7, 11) is 1.95. The van der Waals surface area contributed by atoms with Crippen LogP contribution in [0.2, 0.25) is 0 Å². The van der Waals surface area contributed by atoms with E-state index in [1.807, 2.05) is 63.1 Å². The molecule has 1 unspecified atom stereocenters. The molecule has 4 heteroatoms. The zero-order chi connectivity index (χ0) is 17.0. The van der Waals surface area contributed by atoms with E-state index < -0.39 is 5.41 Å². The molecule has 1 N–H and O–H groups in total. The molecule has 1 atom stereocenters. The summed E-state index contributed by atoms with van der Waals surface area (Å²) in [6, 6.07) is 12.2. The summed E-state index contributed by atoms with van der Waals surface area (Å²) in [6.07, 6.45) is 0. The van der Waals surface area contributed by atoms with Gasteiger partial charge in [0.1, 0.15) is 0 Å². The molecule has 23 heavy (non-hydrogen) atoms. The molecular formula is C19H26N2OS. The van der Waals surface area contributed by atoms with Crippen molar-refractivity contribution in [1.29, 1.82) is 0 Å². The van der Waals surface area contributed by atoms with Gasteiger partial charge in [-0.1, -0.05) is 39.0 Å². The SMILES string of the molecule is CNC(CN(C(=O)C(C)(C)C)c1ccccc1)c1sccc1C. The van der Waals surface area contributed by atoms with Crippen molar-refractivity contribution in [1.82, 2.24) is 5.32 Å². The van der Waals surface area contributed by atoms with Gasteiger partial charge < -0.3 is 10.2 Å². The number of nitrogens with zero attached hydrogens (tertiary/aromatic N) is 1. The van der Waals surface area contributed by atoms with Gasteiger partial charge in [-0.05, 0) is 43.1 Å². The molecule has 0 fully saturated rings. The smallest absolute Gasteiger partial charge is 0.232 e. The second-order valence-corrected chi connectivity index (χ2v) is 7.76. The predicted molar refractivity (Wildman–Crippen MR) is 99.1 cm³/mol. The van der Waals surface area contributed by atoms with Gasteiger partial charge in [-0.3, -0.25) is 4.79 Å². The number of carbonyl (C=O) groups excluding carboxylic acids is 1. The topological polar surface area (TPSA) is 32.3 Å². The summed E-state index contributed by atoms with van der Waals surface area (Å²) < 4.78 is 0. The van der Waals surface area contributed by atoms with E-state index in [1.54, 1.807) is 11.3 Å². The maximum Gasteiger partial charge on any atom is 0.232 e. The van der Waals surface area contributed by atoms with Crippen molar-refractivity contribution >= 4 is 22.9 Å². The summed E-state index contributed by atoms with van der Waals surface area (Å²) in [5.74, 6) is 0.137. The maximum atomic E-state index is 13.0. The van der Waals surface area contributed by atoms with Gasteiger partial charge in [-0.15, -0.1) is 11.3 Å². The molecule has 0 radical (unpaired) electrons. The normalized spacial score (nSPS) is 12.9. The lowest BCUT2D eigenvalue weighted by Gasteiger charge is -2.32. The Hall–Kier alpha value is -1.65. The van der Waals surface area contributed by atoms with E-state index in [0.717, 1.165) is 5.69 Å². The molecule has 2 rings (SSSR count). The van der Waals surface area contributed by atoms with Gasteiger partial charge in [0.2, 0.25) is 5.91 Å². The van der Waals surface area contributed by atoms with Crippen molar-refractivity contribution < 1.29 is 4.79 Å². The van der Waals surface area contributed by atoms with E-state index >= 15 is 0 Å². The molecule has 0 saturated carbocycles. The molecule has 0 aliphatic carbocycles. The zero-order valence-electron chi connectivity index (χ0n) is 14.6. The fourth-order valence-electron chi connectivity index (χ4n) is 2.55. The first-order chi connectivity index (χ1) is 10.8. The number of nitrogens with one attached hydrogen (secondary N) is 1. The number of likely N-dealkylation sites (N-methyl/N-ethyl adjacent to an activating group) is 1. The Balaban J connectivity index is 2.34. The number of amides is 1. The summed E-state index contributed by atoms with van der Waals surface area (Å²) in [5, 5.41) is 5.47. The highest BCUT2D eigenvalue weighted by molar-refractivity contribution is 7.10. The van der Waals surface area contributed by atoms with Crippen molar-refractivity contribution in [2.24, 2.45) is 5.41 Å². The van der Waals surface area contributed by atoms with Crippen LogP contribution >= 0.6 is 11.3 Å². The Morgan fingerprint density at radius 3 is 2.35 bits per heavy atom. The van der Waals surface area contributed by atoms with Crippen LogP contribution in [-0.2, 0) is 4.79 Å². The van der Waals surface area contributed by atoms with Gasteiger partial charge in [-0.25, -0.2) is 0 Å². The number of rotatable bonds is 5. The van der Waals surface area contributed by atoms with Gasteiger partial charge in [0.15, 0.2) is 0 Å². The van der Waals surface area contributed by atoms with E-state index in [1.165, 1.54) is 10.4 Å². The highest BCUT2D eigenvalue weighted by Crippen LogP contribution is 2.29. The summed E-state index contributed by atoms with van der Waals surface area (Å²) in [4.78, 5) is 16.2. The lowest BCUT2D eigenvalue weighted by Crippen LogP contribution is -2.43. The molecule has 1 aromatic heterocycles. The van der Waals surface area contributed by atoms with E-state index in [4.69, 9.17) is 0 Å². The van der Waals surface area contributed by atoms with Crippen molar-refractivity contribution in [2.45, 2.75) is 33.7 Å². The number of aryl methyl sites for hydroxylation is 1. The fourth-order valence-corrected chi connectivity index (χ4v) is 3.58. The van der Waals surface area contributed by atoms with Gasteiger partial charge in [0.25, 0.3) is 0 Å². The first kappa shape index (κ1) is 17.7. The molecule has 0 aliphatic heterocycles. The first-order valence-electron chi connectivity index (χ1n) is 7.93. The molecule has 0 aliphatic rings. The molecule has 2 aromatic rings. The lowest BCUT2D eigenvalue weighted by atomic mass is 9.94. The fraction of sp³-hybridized carbons (Fsp3) is 0.421. The lowest BCUT2D eigenvalue weighted by molar-refractivity contribution is -0.125. The average Bonchev–Trinajstić information content (AvgIpc) is 2.94. The van der Waals surface area contributed by atoms with Crippen LogP contribution in [0.3, 0.4) is 0 Å². The highest BCUT2D eigenvalue weighted by Gasteiger charge is 2.30. The van der Waals surface area contributed by atoms with Crippen molar-refractivity contribution in [2.75, 3.05) is 18.5 Å². The molecule has 3 nitrogen and oxygen atoms in total. The first-order valence-corrected chi connectivity index (χ1v) is 8.81. The molecule has 124 valence electrons. The minimum Gasteiger partial charge on any atom is -0.311 e. The average molecular weight is 330 g/mol. The molecule has 1 amide bonds. The number of hydrogen-bond acceptors (Lipinski definition) is 3. The summed E-state index contributed by atoms with van der Waals surface area (Å²) >= 11 is 1.74. The number of para-hydroxylation sites is 1. The van der Waals surface area contributed by atoms with E-state index in [-0.39, 0.29) is 11.9 Å². The monoisotopic (exact) mass is 330 g/mol. The molecule has 1 aromatic carbocycles. The van der Waals surface area contributed by atoms with Crippen LogP contribution in [0.25, 0.3) is 0 Å². The number of carbonyl (C=O) groups is 1. The summed E-state index contributed by atoms with van der Waals surface area (Å²) in [5.41, 5.74) is 1.80. The van der Waals surface area contributed by atoms with Gasteiger partial charge in [-0.2, -0.15) is 0 Å². The summed E-state index contributed by atoms with van der Waals surface area (Å²) in [6.45, 7) is 8.65. The third-order valence-corrected chi connectivity index (χ3v) is 5.02. The Morgan fingerprint density at radius 2 is 1.87 bits per heavy atom. The number of benzene rings is 1. The van der Waals surface area contributed by atoms with Crippen molar-refractivity contribution in [3.63, 3.8) is 0 Å².